The van der Waals surface area contributed by atoms with Gasteiger partial charge in [-0.05, 0) is 30.3 Å². The van der Waals surface area contributed by atoms with Gasteiger partial charge >= 0.3 is 0 Å². The lowest BCUT2D eigenvalue weighted by Crippen LogP contribution is -2.08. The molecule has 0 aliphatic carbocycles. The maximum atomic E-state index is 12.7. The van der Waals surface area contributed by atoms with Gasteiger partial charge < -0.3 is 18.6 Å². The first-order chi connectivity index (χ1) is 14.8. The summed E-state index contributed by atoms with van der Waals surface area (Å²) < 4.78 is 15.2. The van der Waals surface area contributed by atoms with Crippen LogP contribution in [0.25, 0.3) is 0 Å². The second kappa shape index (κ2) is 9.51. The van der Waals surface area contributed by atoms with Gasteiger partial charge in [-0.1, -0.05) is 0 Å². The minimum atomic E-state index is -0.0996. The SMILES string of the molecule is O=C(c1ccc(OCCn2ccnc2)cc1)c1ccc(OCCn2ccnc2)nc1. The molecule has 0 fully saturated rings. The highest BCUT2D eigenvalue weighted by Gasteiger charge is 2.10. The van der Waals surface area contributed by atoms with Crippen molar-refractivity contribution < 1.29 is 14.3 Å². The maximum Gasteiger partial charge on any atom is 0.213 e. The van der Waals surface area contributed by atoms with E-state index in [0.717, 1.165) is 0 Å². The zero-order chi connectivity index (χ0) is 20.6. The predicted octanol–water partition coefficient (Wildman–Crippen LogP) is 2.86. The van der Waals surface area contributed by atoms with Crippen molar-refractivity contribution in [2.24, 2.45) is 0 Å². The summed E-state index contributed by atoms with van der Waals surface area (Å²) in [7, 11) is 0. The molecule has 0 unspecified atom stereocenters. The zero-order valence-corrected chi connectivity index (χ0v) is 16.3. The molecular weight excluding hydrogens is 382 g/mol. The lowest BCUT2D eigenvalue weighted by Gasteiger charge is -2.08. The van der Waals surface area contributed by atoms with Crippen LogP contribution in [-0.2, 0) is 13.1 Å². The van der Waals surface area contributed by atoms with E-state index in [1.807, 2.05) is 21.5 Å². The van der Waals surface area contributed by atoms with Crippen LogP contribution >= 0.6 is 0 Å². The first-order valence-corrected chi connectivity index (χ1v) is 9.56. The van der Waals surface area contributed by atoms with Crippen LogP contribution in [0.5, 0.6) is 11.6 Å². The number of carbonyl (C=O) groups is 1. The Bertz CT molecular complexity index is 958. The molecule has 1 aromatic carbocycles. The van der Waals surface area contributed by atoms with Crippen LogP contribution in [0.15, 0.2) is 80.0 Å². The first kappa shape index (κ1) is 19.4. The number of rotatable bonds is 10. The third kappa shape index (κ3) is 5.11. The fraction of sp³-hybridized carbons (Fsp3) is 0.182. The molecule has 4 rings (SSSR count). The summed E-state index contributed by atoms with van der Waals surface area (Å²) in [6, 6.07) is 10.5. The van der Waals surface area contributed by atoms with E-state index in [0.29, 0.717) is 49.1 Å². The number of nitrogens with zero attached hydrogens (tertiary/aromatic N) is 5. The second-order valence-corrected chi connectivity index (χ2v) is 6.54. The van der Waals surface area contributed by atoms with Crippen LogP contribution in [0.3, 0.4) is 0 Å². The van der Waals surface area contributed by atoms with Crippen molar-refractivity contribution in [3.8, 4) is 11.6 Å². The van der Waals surface area contributed by atoms with Crippen molar-refractivity contribution in [3.63, 3.8) is 0 Å². The maximum absolute atomic E-state index is 12.7. The molecule has 3 heterocycles. The molecule has 152 valence electrons. The van der Waals surface area contributed by atoms with Crippen molar-refractivity contribution in [2.45, 2.75) is 13.1 Å². The average Bonchev–Trinajstić information content (AvgIpc) is 3.49. The first-order valence-electron chi connectivity index (χ1n) is 9.56. The number of imidazole rings is 2. The van der Waals surface area contributed by atoms with Crippen LogP contribution in [0.4, 0.5) is 0 Å². The van der Waals surface area contributed by atoms with Crippen molar-refractivity contribution in [1.82, 2.24) is 24.1 Å². The summed E-state index contributed by atoms with van der Waals surface area (Å²) in [5.41, 5.74) is 1.08. The highest BCUT2D eigenvalue weighted by atomic mass is 16.5. The largest absolute Gasteiger partial charge is 0.492 e. The van der Waals surface area contributed by atoms with Gasteiger partial charge in [0.15, 0.2) is 5.78 Å². The van der Waals surface area contributed by atoms with E-state index in [1.54, 1.807) is 61.4 Å². The molecule has 0 amide bonds. The van der Waals surface area contributed by atoms with E-state index in [9.17, 15) is 4.79 Å². The average molecular weight is 403 g/mol. The lowest BCUT2D eigenvalue weighted by molar-refractivity contribution is 0.103. The van der Waals surface area contributed by atoms with E-state index >= 15 is 0 Å². The van der Waals surface area contributed by atoms with Crippen LogP contribution < -0.4 is 9.47 Å². The molecule has 0 radical (unpaired) electrons. The summed E-state index contributed by atoms with van der Waals surface area (Å²) in [4.78, 5) is 24.9. The summed E-state index contributed by atoms with van der Waals surface area (Å²) in [6.07, 6.45) is 12.2. The number of aromatic nitrogens is 5. The molecule has 3 aromatic heterocycles. The third-order valence-electron chi connectivity index (χ3n) is 4.45. The number of hydrogen-bond donors (Lipinski definition) is 0. The van der Waals surface area contributed by atoms with Crippen LogP contribution in [0.2, 0.25) is 0 Å². The smallest absolute Gasteiger partial charge is 0.213 e. The van der Waals surface area contributed by atoms with E-state index < -0.39 is 0 Å². The van der Waals surface area contributed by atoms with Gasteiger partial charge in [-0.25, -0.2) is 15.0 Å². The van der Waals surface area contributed by atoms with Gasteiger partial charge in [-0.15, -0.1) is 0 Å². The number of ether oxygens (including phenoxy) is 2. The van der Waals surface area contributed by atoms with Crippen molar-refractivity contribution >= 4 is 5.78 Å². The van der Waals surface area contributed by atoms with Crippen molar-refractivity contribution in [3.05, 3.63) is 91.2 Å². The molecule has 4 aromatic rings. The van der Waals surface area contributed by atoms with E-state index in [2.05, 4.69) is 15.0 Å². The van der Waals surface area contributed by atoms with E-state index in [-0.39, 0.29) is 5.78 Å². The van der Waals surface area contributed by atoms with Gasteiger partial charge in [0.1, 0.15) is 19.0 Å². The molecule has 0 bridgehead atoms. The number of pyridine rings is 1. The molecule has 8 nitrogen and oxygen atoms in total. The van der Waals surface area contributed by atoms with Gasteiger partial charge in [-0.2, -0.15) is 0 Å². The van der Waals surface area contributed by atoms with Gasteiger partial charge in [-0.3, -0.25) is 4.79 Å². The molecule has 0 aliphatic heterocycles. The highest BCUT2D eigenvalue weighted by Crippen LogP contribution is 2.16. The standard InChI is InChI=1S/C22H21N5O3/c28-22(18-1-4-20(5-2-18)29-13-11-26-9-7-23-16-26)19-3-6-21(25-15-19)30-14-12-27-10-8-24-17-27/h1-10,15-17H,11-14H2. The second-order valence-electron chi connectivity index (χ2n) is 6.54. The minimum Gasteiger partial charge on any atom is -0.492 e. The summed E-state index contributed by atoms with van der Waals surface area (Å²) in [6.45, 7) is 2.39. The normalized spacial score (nSPS) is 10.7. The Labute approximate surface area is 173 Å². The van der Waals surface area contributed by atoms with Crippen LogP contribution in [-0.4, -0.2) is 43.1 Å². The zero-order valence-electron chi connectivity index (χ0n) is 16.3. The van der Waals surface area contributed by atoms with Crippen molar-refractivity contribution in [2.75, 3.05) is 13.2 Å². The summed E-state index contributed by atoms with van der Waals surface area (Å²) in [5.74, 6) is 1.09. The molecule has 0 saturated heterocycles. The molecule has 8 heteroatoms. The monoisotopic (exact) mass is 403 g/mol. The topological polar surface area (TPSA) is 84.1 Å². The Morgan fingerprint density at radius 1 is 0.800 bits per heavy atom. The summed E-state index contributed by atoms with van der Waals surface area (Å²) >= 11 is 0. The number of benzene rings is 1. The van der Waals surface area contributed by atoms with E-state index in [4.69, 9.17) is 9.47 Å². The molecule has 0 aliphatic rings. The predicted molar refractivity (Wildman–Crippen MR) is 110 cm³/mol. The molecule has 0 atom stereocenters. The Morgan fingerprint density at radius 3 is 2.00 bits per heavy atom. The van der Waals surface area contributed by atoms with E-state index in [1.165, 1.54) is 6.20 Å². The van der Waals surface area contributed by atoms with Gasteiger partial charge in [0, 0.05) is 48.2 Å². The number of carbonyl (C=O) groups excluding carboxylic acids is 1. The number of hydrogen-bond acceptors (Lipinski definition) is 6. The number of ketones is 1. The Balaban J connectivity index is 1.27. The molecule has 0 spiro atoms. The Hall–Kier alpha value is -3.94. The molecular formula is C22H21N5O3. The van der Waals surface area contributed by atoms with Gasteiger partial charge in [0.25, 0.3) is 0 Å². The minimum absolute atomic E-state index is 0.0996. The Morgan fingerprint density at radius 2 is 1.43 bits per heavy atom. The summed E-state index contributed by atoms with van der Waals surface area (Å²) in [5, 5.41) is 0. The van der Waals surface area contributed by atoms with Crippen LogP contribution in [0, 0.1) is 0 Å². The fourth-order valence-corrected chi connectivity index (χ4v) is 2.83. The highest BCUT2D eigenvalue weighted by molar-refractivity contribution is 6.08. The quantitative estimate of drug-likeness (QED) is 0.379. The fourth-order valence-electron chi connectivity index (χ4n) is 2.83. The molecule has 30 heavy (non-hydrogen) atoms. The Kier molecular flexibility index (Phi) is 6.14. The van der Waals surface area contributed by atoms with Crippen molar-refractivity contribution in [1.29, 1.82) is 0 Å². The van der Waals surface area contributed by atoms with Crippen LogP contribution in [0.1, 0.15) is 15.9 Å². The van der Waals surface area contributed by atoms with Gasteiger partial charge in [0.2, 0.25) is 5.88 Å². The third-order valence-corrected chi connectivity index (χ3v) is 4.45. The molecule has 0 N–H and O–H groups in total. The molecule has 0 saturated carbocycles. The van der Waals surface area contributed by atoms with Gasteiger partial charge in [0.05, 0.1) is 25.7 Å². The lowest BCUT2D eigenvalue weighted by atomic mass is 10.1.